The smallest absolute Gasteiger partial charge is 0.270 e. The molecule has 6 nitrogen and oxygen atoms in total. The van der Waals surface area contributed by atoms with Crippen LogP contribution >= 0.6 is 0 Å². The van der Waals surface area contributed by atoms with Crippen molar-refractivity contribution in [1.29, 1.82) is 0 Å². The molecule has 0 saturated carbocycles. The van der Waals surface area contributed by atoms with Crippen LogP contribution < -0.4 is 15.0 Å². The van der Waals surface area contributed by atoms with E-state index in [-0.39, 0.29) is 17.7 Å². The summed E-state index contributed by atoms with van der Waals surface area (Å²) in [4.78, 5) is 13.8. The summed E-state index contributed by atoms with van der Waals surface area (Å²) in [5.41, 5.74) is 4.41. The van der Waals surface area contributed by atoms with Gasteiger partial charge >= 0.3 is 0 Å². The van der Waals surface area contributed by atoms with Crippen molar-refractivity contribution < 1.29 is 19.0 Å². The standard InChI is InChI=1S/C29H29FN2O4/c1-18-7-5-8-20(13-18)11-12-25-27(24-9-6-10-26(30)28(24)33)19(2)31-32(29(25)34)17-21-14-22(35-3)16-23(15-21)36-4/h5-10,13-16,33H,11-12,17H2,1-4H3. The Kier molecular flexibility index (Phi) is 7.38. The van der Waals surface area contributed by atoms with Crippen LogP contribution in [0.2, 0.25) is 0 Å². The Balaban J connectivity index is 1.83. The average molecular weight is 489 g/mol. The van der Waals surface area contributed by atoms with Crippen LogP contribution in [0.25, 0.3) is 11.1 Å². The van der Waals surface area contributed by atoms with Crippen LogP contribution in [-0.4, -0.2) is 29.1 Å². The lowest BCUT2D eigenvalue weighted by atomic mass is 9.94. The lowest BCUT2D eigenvalue weighted by Crippen LogP contribution is -2.29. The van der Waals surface area contributed by atoms with Gasteiger partial charge in [-0.25, -0.2) is 9.07 Å². The number of aryl methyl sites for hydroxylation is 3. The zero-order chi connectivity index (χ0) is 25.8. The summed E-state index contributed by atoms with van der Waals surface area (Å²) in [7, 11) is 3.13. The highest BCUT2D eigenvalue weighted by Gasteiger charge is 2.21. The summed E-state index contributed by atoms with van der Waals surface area (Å²) < 4.78 is 26.4. The Morgan fingerprint density at radius 2 is 1.61 bits per heavy atom. The molecule has 0 radical (unpaired) electrons. The highest BCUT2D eigenvalue weighted by atomic mass is 19.1. The maximum Gasteiger partial charge on any atom is 0.270 e. The lowest BCUT2D eigenvalue weighted by molar-refractivity contribution is 0.393. The van der Waals surface area contributed by atoms with Crippen molar-refractivity contribution in [2.24, 2.45) is 0 Å². The number of phenolic OH excluding ortho intramolecular Hbond substituents is 1. The molecule has 0 bridgehead atoms. The van der Waals surface area contributed by atoms with E-state index in [2.05, 4.69) is 11.2 Å². The third kappa shape index (κ3) is 5.25. The Bertz CT molecular complexity index is 1440. The van der Waals surface area contributed by atoms with Crippen molar-refractivity contribution in [3.63, 3.8) is 0 Å². The monoisotopic (exact) mass is 488 g/mol. The molecular weight excluding hydrogens is 459 g/mol. The maximum absolute atomic E-state index is 14.3. The van der Waals surface area contributed by atoms with Gasteiger partial charge in [-0.2, -0.15) is 5.10 Å². The van der Waals surface area contributed by atoms with Gasteiger partial charge in [0, 0.05) is 22.8 Å². The summed E-state index contributed by atoms with van der Waals surface area (Å²) in [6, 6.07) is 17.8. The summed E-state index contributed by atoms with van der Waals surface area (Å²) in [5.74, 6) is -0.0248. The van der Waals surface area contributed by atoms with E-state index in [1.165, 1.54) is 16.8 Å². The number of benzene rings is 3. The van der Waals surface area contributed by atoms with E-state index in [1.807, 2.05) is 37.3 Å². The van der Waals surface area contributed by atoms with Gasteiger partial charge in [-0.3, -0.25) is 4.79 Å². The Morgan fingerprint density at radius 3 is 2.28 bits per heavy atom. The number of aromatic nitrogens is 2. The fourth-order valence-corrected chi connectivity index (χ4v) is 4.44. The minimum Gasteiger partial charge on any atom is -0.504 e. The normalized spacial score (nSPS) is 10.9. The van der Waals surface area contributed by atoms with E-state index in [0.717, 1.165) is 16.7 Å². The molecule has 36 heavy (non-hydrogen) atoms. The third-order valence-electron chi connectivity index (χ3n) is 6.17. The highest BCUT2D eigenvalue weighted by molar-refractivity contribution is 5.74. The fourth-order valence-electron chi connectivity index (χ4n) is 4.44. The van der Waals surface area contributed by atoms with Gasteiger partial charge in [0.15, 0.2) is 11.6 Å². The molecule has 4 rings (SSSR count). The molecule has 1 aromatic heterocycles. The number of halogens is 1. The zero-order valence-corrected chi connectivity index (χ0v) is 20.8. The van der Waals surface area contributed by atoms with Crippen molar-refractivity contribution >= 4 is 0 Å². The molecule has 0 aliphatic heterocycles. The maximum atomic E-state index is 14.3. The number of ether oxygens (including phenoxy) is 2. The number of para-hydroxylation sites is 1. The predicted octanol–water partition coefficient (Wildman–Crippen LogP) is 5.22. The number of hydrogen-bond donors (Lipinski definition) is 1. The largest absolute Gasteiger partial charge is 0.504 e. The van der Waals surface area contributed by atoms with Crippen LogP contribution in [0.5, 0.6) is 17.2 Å². The van der Waals surface area contributed by atoms with E-state index in [0.29, 0.717) is 41.2 Å². The summed E-state index contributed by atoms with van der Waals surface area (Å²) in [5, 5.41) is 15.0. The summed E-state index contributed by atoms with van der Waals surface area (Å²) in [6.45, 7) is 3.98. The van der Waals surface area contributed by atoms with Gasteiger partial charge in [-0.1, -0.05) is 42.0 Å². The number of methoxy groups -OCH3 is 2. The predicted molar refractivity (Wildman–Crippen MR) is 138 cm³/mol. The SMILES string of the molecule is COc1cc(Cn2nc(C)c(-c3cccc(F)c3O)c(CCc3cccc(C)c3)c2=O)cc(OC)c1. The van der Waals surface area contributed by atoms with Gasteiger partial charge in [0.1, 0.15) is 11.5 Å². The van der Waals surface area contributed by atoms with E-state index in [9.17, 15) is 14.3 Å². The molecule has 0 saturated heterocycles. The van der Waals surface area contributed by atoms with Crippen LogP contribution in [-0.2, 0) is 19.4 Å². The van der Waals surface area contributed by atoms with Crippen molar-refractivity contribution in [3.05, 3.63) is 105 Å². The van der Waals surface area contributed by atoms with Crippen molar-refractivity contribution in [2.75, 3.05) is 14.2 Å². The van der Waals surface area contributed by atoms with Crippen LogP contribution in [0, 0.1) is 19.7 Å². The molecule has 0 amide bonds. The first-order valence-corrected chi connectivity index (χ1v) is 11.7. The van der Waals surface area contributed by atoms with E-state index in [4.69, 9.17) is 9.47 Å². The van der Waals surface area contributed by atoms with Gasteiger partial charge in [0.2, 0.25) is 0 Å². The number of aromatic hydroxyl groups is 1. The van der Waals surface area contributed by atoms with E-state index < -0.39 is 11.6 Å². The number of phenols is 1. The second-order valence-electron chi connectivity index (χ2n) is 8.75. The third-order valence-corrected chi connectivity index (χ3v) is 6.17. The minimum absolute atomic E-state index is 0.195. The molecule has 7 heteroatoms. The Morgan fingerprint density at radius 1 is 0.917 bits per heavy atom. The van der Waals surface area contributed by atoms with Crippen molar-refractivity contribution in [1.82, 2.24) is 9.78 Å². The molecule has 0 unspecified atom stereocenters. The Hall–Kier alpha value is -4.13. The topological polar surface area (TPSA) is 73.6 Å². The highest BCUT2D eigenvalue weighted by Crippen LogP contribution is 2.34. The molecule has 0 atom stereocenters. The molecule has 0 aliphatic carbocycles. The van der Waals surface area contributed by atoms with Crippen LogP contribution in [0.1, 0.15) is 27.9 Å². The molecule has 1 N–H and O–H groups in total. The number of rotatable bonds is 8. The van der Waals surface area contributed by atoms with Gasteiger partial charge in [-0.15, -0.1) is 0 Å². The number of nitrogens with zero attached hydrogens (tertiary/aromatic N) is 2. The van der Waals surface area contributed by atoms with Crippen molar-refractivity contribution in [2.45, 2.75) is 33.2 Å². The van der Waals surface area contributed by atoms with Crippen LogP contribution in [0.4, 0.5) is 4.39 Å². The lowest BCUT2D eigenvalue weighted by Gasteiger charge is -2.17. The van der Waals surface area contributed by atoms with Gasteiger partial charge in [0.25, 0.3) is 5.56 Å². The molecule has 0 aliphatic rings. The van der Waals surface area contributed by atoms with Crippen LogP contribution in [0.3, 0.4) is 0 Å². The Labute approximate surface area is 209 Å². The molecule has 4 aromatic rings. The number of hydrogen-bond acceptors (Lipinski definition) is 5. The molecule has 186 valence electrons. The van der Waals surface area contributed by atoms with Crippen molar-refractivity contribution in [3.8, 4) is 28.4 Å². The summed E-state index contributed by atoms with van der Waals surface area (Å²) in [6.07, 6.45) is 1.01. The quantitative estimate of drug-likeness (QED) is 0.368. The molecular formula is C29H29FN2O4. The summed E-state index contributed by atoms with van der Waals surface area (Å²) >= 11 is 0. The second kappa shape index (κ2) is 10.6. The average Bonchev–Trinajstić information content (AvgIpc) is 2.87. The first-order valence-electron chi connectivity index (χ1n) is 11.7. The van der Waals surface area contributed by atoms with Gasteiger partial charge in [-0.05, 0) is 56.0 Å². The molecule has 1 heterocycles. The molecule has 3 aromatic carbocycles. The molecule has 0 fully saturated rings. The second-order valence-corrected chi connectivity index (χ2v) is 8.75. The fraction of sp³-hybridized carbons (Fsp3) is 0.241. The van der Waals surface area contributed by atoms with E-state index in [1.54, 1.807) is 33.3 Å². The first kappa shape index (κ1) is 25.0. The first-order chi connectivity index (χ1) is 17.3. The molecule has 0 spiro atoms. The van der Waals surface area contributed by atoms with Gasteiger partial charge in [0.05, 0.1) is 26.5 Å². The van der Waals surface area contributed by atoms with Crippen LogP contribution in [0.15, 0.2) is 65.5 Å². The zero-order valence-electron chi connectivity index (χ0n) is 20.8. The van der Waals surface area contributed by atoms with E-state index >= 15 is 0 Å². The minimum atomic E-state index is -0.746. The van der Waals surface area contributed by atoms with Gasteiger partial charge < -0.3 is 14.6 Å².